The quantitative estimate of drug-likeness (QED) is 0.0794. The van der Waals surface area contributed by atoms with E-state index in [9.17, 15) is 19.5 Å². The fraction of sp³-hybridized carbons (Fsp3) is 0.710. The smallest absolute Gasteiger partial charge is 0.478 e. The Kier molecular flexibility index (Phi) is 20.3. The molecule has 0 aliphatic heterocycles. The van der Waals surface area contributed by atoms with Crippen molar-refractivity contribution in [2.75, 3.05) is 18.5 Å². The molecule has 8 nitrogen and oxygen atoms in total. The van der Waals surface area contributed by atoms with E-state index in [0.29, 0.717) is 6.61 Å². The SMILES string of the molecule is CCCCCCCCCCCCOC(=O)Oc1cc(NC(=O)OCCCCCCCCCC)ccc1C(=O)O. The second-order valence-electron chi connectivity index (χ2n) is 10.1. The first kappa shape index (κ1) is 34.3. The molecule has 1 aromatic rings. The largest absolute Gasteiger partial charge is 0.513 e. The van der Waals surface area contributed by atoms with Crippen LogP contribution in [0.3, 0.4) is 0 Å². The number of carboxylic acid groups (broad SMARTS) is 1. The van der Waals surface area contributed by atoms with Crippen molar-refractivity contribution in [1.82, 2.24) is 0 Å². The van der Waals surface area contributed by atoms with Crippen molar-refractivity contribution < 1.29 is 33.7 Å². The van der Waals surface area contributed by atoms with Gasteiger partial charge >= 0.3 is 18.2 Å². The summed E-state index contributed by atoms with van der Waals surface area (Å²) in [7, 11) is 0. The lowest BCUT2D eigenvalue weighted by Crippen LogP contribution is -2.16. The van der Waals surface area contributed by atoms with Crippen LogP contribution in [0.2, 0.25) is 0 Å². The fourth-order valence-electron chi connectivity index (χ4n) is 4.28. The van der Waals surface area contributed by atoms with E-state index < -0.39 is 18.2 Å². The molecule has 8 heteroatoms. The molecule has 0 spiro atoms. The number of amides is 1. The molecule has 0 saturated heterocycles. The Morgan fingerprint density at radius 2 is 1.13 bits per heavy atom. The average molecular weight is 550 g/mol. The van der Waals surface area contributed by atoms with Crippen molar-refractivity contribution in [1.29, 1.82) is 0 Å². The predicted molar refractivity (Wildman–Crippen MR) is 155 cm³/mol. The topological polar surface area (TPSA) is 111 Å². The number of aromatic carboxylic acids is 1. The number of ether oxygens (including phenoxy) is 3. The molecule has 1 amide bonds. The van der Waals surface area contributed by atoms with Gasteiger partial charge in [-0.2, -0.15) is 0 Å². The monoisotopic (exact) mass is 549 g/mol. The highest BCUT2D eigenvalue weighted by Crippen LogP contribution is 2.24. The third-order valence-corrected chi connectivity index (χ3v) is 6.60. The molecule has 0 heterocycles. The molecule has 0 atom stereocenters. The number of rotatable bonds is 23. The van der Waals surface area contributed by atoms with Gasteiger partial charge in [0.15, 0.2) is 5.75 Å². The first-order chi connectivity index (χ1) is 19.0. The van der Waals surface area contributed by atoms with Crippen molar-refractivity contribution in [3.05, 3.63) is 23.8 Å². The van der Waals surface area contributed by atoms with E-state index in [1.54, 1.807) is 0 Å². The highest BCUT2D eigenvalue weighted by atomic mass is 16.7. The van der Waals surface area contributed by atoms with Crippen molar-refractivity contribution in [2.45, 2.75) is 129 Å². The summed E-state index contributed by atoms with van der Waals surface area (Å²) in [6.45, 7) is 4.93. The average Bonchev–Trinajstić information content (AvgIpc) is 2.90. The standard InChI is InChI=1S/C31H51NO7/c1-3-5-7-9-11-13-14-16-18-20-24-38-31(36)39-28-25-26(21-22-27(28)29(33)34)32-30(35)37-23-19-17-15-12-10-8-6-4-2/h21-22,25H,3-20,23-24H2,1-2H3,(H,32,35)(H,33,34). The normalized spacial score (nSPS) is 10.7. The van der Waals surface area contributed by atoms with Gasteiger partial charge in [0.05, 0.1) is 13.2 Å². The van der Waals surface area contributed by atoms with Crippen molar-refractivity contribution >= 4 is 23.9 Å². The third kappa shape index (κ3) is 18.2. The van der Waals surface area contributed by atoms with Crippen molar-refractivity contribution in [2.24, 2.45) is 0 Å². The molecule has 0 unspecified atom stereocenters. The van der Waals surface area contributed by atoms with Gasteiger partial charge in [-0.05, 0) is 25.0 Å². The highest BCUT2D eigenvalue weighted by molar-refractivity contribution is 5.93. The van der Waals surface area contributed by atoms with Gasteiger partial charge in [0.1, 0.15) is 5.56 Å². The molecule has 0 aromatic heterocycles. The number of hydrogen-bond acceptors (Lipinski definition) is 6. The molecule has 39 heavy (non-hydrogen) atoms. The van der Waals surface area contributed by atoms with Crippen LogP contribution in [-0.2, 0) is 9.47 Å². The van der Waals surface area contributed by atoms with Crippen molar-refractivity contribution in [3.63, 3.8) is 0 Å². The number of carbonyl (C=O) groups is 3. The molecule has 222 valence electrons. The van der Waals surface area contributed by atoms with Crippen molar-refractivity contribution in [3.8, 4) is 5.75 Å². The highest BCUT2D eigenvalue weighted by Gasteiger charge is 2.17. The number of nitrogens with one attached hydrogen (secondary N) is 1. The minimum Gasteiger partial charge on any atom is -0.478 e. The molecular formula is C31H51NO7. The Hall–Kier alpha value is -2.77. The first-order valence-electron chi connectivity index (χ1n) is 15.1. The summed E-state index contributed by atoms with van der Waals surface area (Å²) in [5.74, 6) is -1.45. The number of carbonyl (C=O) groups excluding carboxylic acids is 2. The lowest BCUT2D eigenvalue weighted by atomic mass is 10.1. The van der Waals surface area contributed by atoms with E-state index in [4.69, 9.17) is 14.2 Å². The summed E-state index contributed by atoms with van der Waals surface area (Å²) in [5.41, 5.74) is 0.0576. The Morgan fingerprint density at radius 3 is 1.62 bits per heavy atom. The van der Waals surface area contributed by atoms with E-state index in [2.05, 4.69) is 19.2 Å². The van der Waals surface area contributed by atoms with Gasteiger partial charge in [0.25, 0.3) is 0 Å². The summed E-state index contributed by atoms with van der Waals surface area (Å²) < 4.78 is 15.5. The summed E-state index contributed by atoms with van der Waals surface area (Å²) in [6, 6.07) is 3.97. The lowest BCUT2D eigenvalue weighted by Gasteiger charge is -2.11. The Morgan fingerprint density at radius 1 is 0.667 bits per heavy atom. The van der Waals surface area contributed by atoms with E-state index in [0.717, 1.165) is 38.5 Å². The number of anilines is 1. The van der Waals surface area contributed by atoms with Crippen LogP contribution >= 0.6 is 0 Å². The van der Waals surface area contributed by atoms with Gasteiger partial charge < -0.3 is 19.3 Å². The van der Waals surface area contributed by atoms with Gasteiger partial charge in [0, 0.05) is 11.8 Å². The molecule has 1 rings (SSSR count). The van der Waals surface area contributed by atoms with Crippen LogP contribution in [0.1, 0.15) is 140 Å². The summed E-state index contributed by atoms with van der Waals surface area (Å²) in [4.78, 5) is 35.8. The zero-order chi connectivity index (χ0) is 28.6. The number of benzene rings is 1. The molecule has 0 fully saturated rings. The first-order valence-corrected chi connectivity index (χ1v) is 15.1. The van der Waals surface area contributed by atoms with Gasteiger partial charge in [-0.3, -0.25) is 5.32 Å². The maximum Gasteiger partial charge on any atom is 0.513 e. The Labute approximate surface area is 235 Å². The number of hydrogen-bond donors (Lipinski definition) is 2. The van der Waals surface area contributed by atoms with E-state index in [1.165, 1.54) is 95.2 Å². The predicted octanol–water partition coefficient (Wildman–Crippen LogP) is 9.51. The zero-order valence-corrected chi connectivity index (χ0v) is 24.3. The molecule has 0 aliphatic carbocycles. The maximum absolute atomic E-state index is 12.1. The van der Waals surface area contributed by atoms with Gasteiger partial charge in [-0.25, -0.2) is 14.4 Å². The molecular weight excluding hydrogens is 498 g/mol. The molecule has 0 aliphatic rings. The Bertz CT molecular complexity index is 812. The molecule has 2 N–H and O–H groups in total. The van der Waals surface area contributed by atoms with Crippen LogP contribution in [0.15, 0.2) is 18.2 Å². The molecule has 1 aromatic carbocycles. The summed E-state index contributed by atoms with van der Waals surface area (Å²) in [5, 5.41) is 12.0. The minimum absolute atomic E-state index is 0.198. The second-order valence-corrected chi connectivity index (χ2v) is 10.1. The molecule has 0 saturated carbocycles. The van der Waals surface area contributed by atoms with Gasteiger partial charge in [-0.15, -0.1) is 0 Å². The summed E-state index contributed by atoms with van der Waals surface area (Å²) >= 11 is 0. The Balaban J connectivity index is 2.31. The number of carboxylic acids is 1. The second kappa shape index (κ2) is 23.1. The van der Waals surface area contributed by atoms with E-state index in [-0.39, 0.29) is 23.6 Å². The summed E-state index contributed by atoms with van der Waals surface area (Å²) in [6.07, 6.45) is 19.2. The minimum atomic E-state index is -1.25. The third-order valence-electron chi connectivity index (χ3n) is 6.60. The van der Waals surface area contributed by atoms with Crippen LogP contribution in [0, 0.1) is 0 Å². The number of unbranched alkanes of at least 4 members (excludes halogenated alkanes) is 16. The van der Waals surface area contributed by atoms with E-state index >= 15 is 0 Å². The van der Waals surface area contributed by atoms with Crippen LogP contribution < -0.4 is 10.1 Å². The zero-order valence-electron chi connectivity index (χ0n) is 24.3. The fourth-order valence-corrected chi connectivity index (χ4v) is 4.28. The van der Waals surface area contributed by atoms with Crippen LogP contribution in [0.4, 0.5) is 15.3 Å². The van der Waals surface area contributed by atoms with Gasteiger partial charge in [0.2, 0.25) is 0 Å². The molecule has 0 radical (unpaired) electrons. The van der Waals surface area contributed by atoms with Crippen LogP contribution in [0.5, 0.6) is 5.75 Å². The van der Waals surface area contributed by atoms with Crippen LogP contribution in [0.25, 0.3) is 0 Å². The van der Waals surface area contributed by atoms with Gasteiger partial charge in [-0.1, -0.05) is 117 Å². The van der Waals surface area contributed by atoms with E-state index in [1.807, 2.05) is 0 Å². The lowest BCUT2D eigenvalue weighted by molar-refractivity contribution is 0.0689. The molecule has 0 bridgehead atoms. The maximum atomic E-state index is 12.1. The van der Waals surface area contributed by atoms with Crippen LogP contribution in [-0.4, -0.2) is 36.5 Å².